The number of rotatable bonds is 11. The zero-order chi connectivity index (χ0) is 42.3. The van der Waals surface area contributed by atoms with E-state index in [0.717, 1.165) is 0 Å². The van der Waals surface area contributed by atoms with Crippen LogP contribution in [0, 0.1) is 17.3 Å². The van der Waals surface area contributed by atoms with Gasteiger partial charge in [0.1, 0.15) is 29.5 Å². The second-order valence-corrected chi connectivity index (χ2v) is 16.6. The molecule has 12 nitrogen and oxygen atoms in total. The van der Waals surface area contributed by atoms with Gasteiger partial charge in [-0.3, -0.25) is 38.4 Å². The lowest BCUT2D eigenvalue weighted by molar-refractivity contribution is -0.129. The second-order valence-electron chi connectivity index (χ2n) is 16.6. The number of Topliss-reactive ketones (excluding diaryl/α,β-unsaturated/α-hetero) is 6. The highest BCUT2D eigenvalue weighted by atomic mass is 16.6. The fourth-order valence-corrected chi connectivity index (χ4v) is 7.13. The first-order valence-electron chi connectivity index (χ1n) is 18.7. The number of hydrogen-bond donors (Lipinski definition) is 2. The highest BCUT2D eigenvalue weighted by molar-refractivity contribution is 6.38. The number of carbonyl (C=O) groups excluding carboxylic acids is 9. The van der Waals surface area contributed by atoms with E-state index in [9.17, 15) is 43.2 Å². The SMILES string of the molecule is CC(C)(C)CC(=O)N[C@@H](C(=O)C1C(=O)c2ccc(C(=O)c3ccc4c(c3)C(=O)C(C(=O)[C@H](NC(=O)OC(C)(C)C)c3ccccc3)C4=O)cc2C1=O)c1ccccc1. The summed E-state index contributed by atoms with van der Waals surface area (Å²) in [5, 5.41) is 5.20. The summed E-state index contributed by atoms with van der Waals surface area (Å²) in [7, 11) is 0. The normalized spacial score (nSPS) is 17.2. The quantitative estimate of drug-likeness (QED) is 0.124. The largest absolute Gasteiger partial charge is 0.444 e. The van der Waals surface area contributed by atoms with Crippen molar-refractivity contribution in [1.82, 2.24) is 10.6 Å². The number of hydrogen-bond acceptors (Lipinski definition) is 10. The lowest BCUT2D eigenvalue weighted by Gasteiger charge is -2.24. The fraction of sp³-hybridized carbons (Fsp3) is 0.283. The number of benzene rings is 4. The van der Waals surface area contributed by atoms with E-state index in [1.807, 2.05) is 20.8 Å². The van der Waals surface area contributed by atoms with Crippen molar-refractivity contribution >= 4 is 52.5 Å². The van der Waals surface area contributed by atoms with Crippen LogP contribution in [-0.2, 0) is 19.1 Å². The third-order valence-corrected chi connectivity index (χ3v) is 9.74. The molecule has 296 valence electrons. The Morgan fingerprint density at radius 2 is 0.948 bits per heavy atom. The lowest BCUT2D eigenvalue weighted by atomic mass is 9.88. The summed E-state index contributed by atoms with van der Waals surface area (Å²) in [4.78, 5) is 122. The molecule has 58 heavy (non-hydrogen) atoms. The first kappa shape index (κ1) is 41.0. The summed E-state index contributed by atoms with van der Waals surface area (Å²) in [6, 6.07) is 21.3. The van der Waals surface area contributed by atoms with Gasteiger partial charge in [-0.05, 0) is 61.6 Å². The smallest absolute Gasteiger partial charge is 0.408 e. The van der Waals surface area contributed by atoms with Gasteiger partial charge >= 0.3 is 6.09 Å². The zero-order valence-electron chi connectivity index (χ0n) is 32.8. The average Bonchev–Trinajstić information content (AvgIpc) is 3.57. The molecular weight excluding hydrogens is 741 g/mol. The molecule has 2 unspecified atom stereocenters. The molecule has 12 heteroatoms. The van der Waals surface area contributed by atoms with Crippen LogP contribution in [0.2, 0.25) is 0 Å². The van der Waals surface area contributed by atoms with Crippen molar-refractivity contribution in [3.05, 3.63) is 142 Å². The second kappa shape index (κ2) is 15.7. The Morgan fingerprint density at radius 1 is 0.552 bits per heavy atom. The van der Waals surface area contributed by atoms with Crippen LogP contribution >= 0.6 is 0 Å². The van der Waals surface area contributed by atoms with Crippen molar-refractivity contribution in [3.8, 4) is 0 Å². The van der Waals surface area contributed by atoms with Gasteiger partial charge in [0, 0.05) is 39.8 Å². The summed E-state index contributed by atoms with van der Waals surface area (Å²) >= 11 is 0. The maximum absolute atomic E-state index is 14.0. The van der Waals surface area contributed by atoms with Gasteiger partial charge in [-0.2, -0.15) is 0 Å². The fourth-order valence-electron chi connectivity index (χ4n) is 7.13. The molecule has 0 saturated carbocycles. The van der Waals surface area contributed by atoms with Crippen molar-refractivity contribution in [3.63, 3.8) is 0 Å². The summed E-state index contributed by atoms with van der Waals surface area (Å²) in [6.07, 6.45) is -0.844. The van der Waals surface area contributed by atoms with Crippen molar-refractivity contribution in [2.45, 2.75) is 65.6 Å². The van der Waals surface area contributed by atoms with E-state index in [1.165, 1.54) is 36.4 Å². The molecule has 0 fully saturated rings. The Hall–Kier alpha value is -6.69. The van der Waals surface area contributed by atoms with Crippen LogP contribution in [0.25, 0.3) is 0 Å². The summed E-state index contributed by atoms with van der Waals surface area (Å²) in [5.41, 5.74) is -1.13. The number of ether oxygens (including phenoxy) is 1. The van der Waals surface area contributed by atoms with Gasteiger partial charge in [0.05, 0.1) is 0 Å². The summed E-state index contributed by atoms with van der Waals surface area (Å²) in [5.74, 6) is -9.60. The molecule has 4 atom stereocenters. The van der Waals surface area contributed by atoms with Gasteiger partial charge in [0.15, 0.2) is 40.5 Å². The Kier molecular flexibility index (Phi) is 11.1. The first-order valence-corrected chi connectivity index (χ1v) is 18.7. The minimum absolute atomic E-state index is 0.0406. The maximum atomic E-state index is 14.0. The van der Waals surface area contributed by atoms with Gasteiger partial charge < -0.3 is 15.4 Å². The van der Waals surface area contributed by atoms with Crippen LogP contribution in [0.3, 0.4) is 0 Å². The van der Waals surface area contributed by atoms with Crippen LogP contribution in [-0.4, -0.2) is 58.1 Å². The molecule has 0 radical (unpaired) electrons. The Labute approximate surface area is 334 Å². The molecule has 2 N–H and O–H groups in total. The third-order valence-electron chi connectivity index (χ3n) is 9.74. The summed E-state index contributed by atoms with van der Waals surface area (Å²) < 4.78 is 5.34. The average molecular weight is 783 g/mol. The number of nitrogens with one attached hydrogen (secondary N) is 2. The third kappa shape index (κ3) is 8.36. The van der Waals surface area contributed by atoms with E-state index in [-0.39, 0.29) is 39.8 Å². The van der Waals surface area contributed by atoms with Crippen molar-refractivity contribution in [2.75, 3.05) is 0 Å². The highest BCUT2D eigenvalue weighted by Crippen LogP contribution is 2.35. The topological polar surface area (TPSA) is 187 Å². The minimum Gasteiger partial charge on any atom is -0.444 e. The van der Waals surface area contributed by atoms with E-state index in [0.29, 0.717) is 11.1 Å². The molecule has 4 aromatic rings. The van der Waals surface area contributed by atoms with Crippen LogP contribution in [0.15, 0.2) is 97.1 Å². The van der Waals surface area contributed by atoms with Gasteiger partial charge in [0.2, 0.25) is 5.91 Å². The Bertz CT molecular complexity index is 2240. The van der Waals surface area contributed by atoms with Crippen LogP contribution < -0.4 is 10.6 Å². The predicted octanol–water partition coefficient (Wildman–Crippen LogP) is 6.61. The Balaban J connectivity index is 1.24. The van der Waals surface area contributed by atoms with E-state index < -0.39 is 87.4 Å². The van der Waals surface area contributed by atoms with Crippen molar-refractivity contribution < 1.29 is 47.9 Å². The molecule has 2 aliphatic carbocycles. The minimum atomic E-state index is -1.81. The van der Waals surface area contributed by atoms with Crippen molar-refractivity contribution in [2.24, 2.45) is 17.3 Å². The molecule has 2 amide bonds. The van der Waals surface area contributed by atoms with Gasteiger partial charge in [-0.25, -0.2) is 4.79 Å². The molecule has 0 bridgehead atoms. The van der Waals surface area contributed by atoms with Gasteiger partial charge in [0.25, 0.3) is 0 Å². The number of carbonyl (C=O) groups is 9. The van der Waals surface area contributed by atoms with Crippen LogP contribution in [0.4, 0.5) is 4.79 Å². The molecule has 0 aromatic heterocycles. The highest BCUT2D eigenvalue weighted by Gasteiger charge is 2.48. The molecule has 0 heterocycles. The van der Waals surface area contributed by atoms with E-state index in [1.54, 1.807) is 81.4 Å². The first-order chi connectivity index (χ1) is 27.3. The molecular formula is C46H42N2O10. The van der Waals surface area contributed by atoms with Crippen LogP contribution in [0.5, 0.6) is 0 Å². The lowest BCUT2D eigenvalue weighted by Crippen LogP contribution is -2.42. The zero-order valence-corrected chi connectivity index (χ0v) is 32.8. The van der Waals surface area contributed by atoms with Gasteiger partial charge in [-0.15, -0.1) is 0 Å². The molecule has 2 aliphatic rings. The summed E-state index contributed by atoms with van der Waals surface area (Å²) in [6.45, 7) is 10.5. The Morgan fingerprint density at radius 3 is 1.34 bits per heavy atom. The molecule has 0 saturated heterocycles. The number of ketones is 7. The van der Waals surface area contributed by atoms with E-state index >= 15 is 0 Å². The number of alkyl carbamates (subject to hydrolysis) is 1. The van der Waals surface area contributed by atoms with E-state index in [2.05, 4.69) is 10.6 Å². The standard InChI is InChI=1S/C46H42N2O10/c1-45(2,3)23-32(49)47-35(24-13-9-7-10-14-24)42(55)33-38(51)28-19-17-26(21-30(28)40(33)53)37(50)27-18-20-29-31(22-27)41(54)34(39(29)52)43(56)36(25-15-11-8-12-16-25)48-44(57)58-46(4,5)6/h7-22,33-36H,23H2,1-6H3,(H,47,49)(H,48,57)/t33?,34?,35-,36-/m1/s1. The van der Waals surface area contributed by atoms with E-state index in [4.69, 9.17) is 4.74 Å². The molecule has 0 spiro atoms. The predicted molar refractivity (Wildman–Crippen MR) is 211 cm³/mol. The number of fused-ring (bicyclic) bond motifs is 2. The monoisotopic (exact) mass is 782 g/mol. The van der Waals surface area contributed by atoms with Crippen molar-refractivity contribution in [1.29, 1.82) is 0 Å². The number of amides is 2. The van der Waals surface area contributed by atoms with Crippen LogP contribution in [0.1, 0.15) is 129 Å². The molecule has 0 aliphatic heterocycles. The maximum Gasteiger partial charge on any atom is 0.408 e. The molecule has 6 rings (SSSR count). The molecule has 4 aromatic carbocycles. The van der Waals surface area contributed by atoms with Gasteiger partial charge in [-0.1, -0.05) is 93.6 Å².